The summed E-state index contributed by atoms with van der Waals surface area (Å²) in [6.07, 6.45) is 7.51. The Morgan fingerprint density at radius 2 is 1.76 bits per heavy atom. The van der Waals surface area contributed by atoms with Crippen LogP contribution in [0.4, 0.5) is 0 Å². The highest BCUT2D eigenvalue weighted by atomic mass is 35.5. The number of aryl methyl sites for hydroxylation is 1. The van der Waals surface area contributed by atoms with Gasteiger partial charge in [0.2, 0.25) is 11.8 Å². The molecule has 4 nitrogen and oxygen atoms in total. The van der Waals surface area contributed by atoms with E-state index in [1.807, 2.05) is 31.2 Å². The Hall–Kier alpha value is -1.55. The largest absolute Gasteiger partial charge is 0.351 e. The minimum atomic E-state index is -0.582. The van der Waals surface area contributed by atoms with E-state index in [1.165, 1.54) is 6.42 Å². The fourth-order valence-corrected chi connectivity index (χ4v) is 3.83. The number of carbonyl (C=O) groups is 2. The summed E-state index contributed by atoms with van der Waals surface area (Å²) < 4.78 is 0. The lowest BCUT2D eigenvalue weighted by atomic mass is 9.94. The Morgan fingerprint density at radius 3 is 2.32 bits per heavy atom. The molecule has 0 heterocycles. The molecule has 25 heavy (non-hydrogen) atoms. The predicted molar refractivity (Wildman–Crippen MR) is 99.5 cm³/mol. The molecule has 1 atom stereocenters. The van der Waals surface area contributed by atoms with Crippen molar-refractivity contribution in [2.75, 3.05) is 5.88 Å². The minimum absolute atomic E-state index is 0.0684. The van der Waals surface area contributed by atoms with Crippen LogP contribution in [0.1, 0.15) is 62.1 Å². The molecule has 5 heteroatoms. The maximum atomic E-state index is 13.1. The number of nitrogens with zero attached hydrogens (tertiary/aromatic N) is 1. The molecule has 1 unspecified atom stereocenters. The monoisotopic (exact) mass is 362 g/mol. The van der Waals surface area contributed by atoms with Crippen LogP contribution in [0.2, 0.25) is 0 Å². The topological polar surface area (TPSA) is 49.4 Å². The Kier molecular flexibility index (Phi) is 6.00. The lowest BCUT2D eigenvalue weighted by molar-refractivity contribution is -0.140. The van der Waals surface area contributed by atoms with Crippen molar-refractivity contribution >= 4 is 23.4 Å². The molecule has 0 spiro atoms. The summed E-state index contributed by atoms with van der Waals surface area (Å²) in [6.45, 7) is 2.02. The van der Waals surface area contributed by atoms with Gasteiger partial charge in [-0.25, -0.2) is 0 Å². The Labute approximate surface area is 154 Å². The highest BCUT2D eigenvalue weighted by molar-refractivity contribution is 6.27. The van der Waals surface area contributed by atoms with Crippen LogP contribution in [0.15, 0.2) is 24.3 Å². The third-order valence-corrected chi connectivity index (χ3v) is 5.44. The van der Waals surface area contributed by atoms with Crippen molar-refractivity contribution in [3.8, 4) is 0 Å². The van der Waals surface area contributed by atoms with Gasteiger partial charge < -0.3 is 10.2 Å². The van der Waals surface area contributed by atoms with E-state index in [4.69, 9.17) is 11.6 Å². The van der Waals surface area contributed by atoms with Crippen molar-refractivity contribution in [3.63, 3.8) is 0 Å². The number of carbonyl (C=O) groups excluding carboxylic acids is 2. The molecule has 2 aliphatic carbocycles. The number of nitrogens with one attached hydrogen (secondary N) is 1. The second kappa shape index (κ2) is 8.22. The Bertz CT molecular complexity index is 607. The normalized spacial score (nSPS) is 19.3. The molecule has 3 rings (SSSR count). The smallest absolute Gasteiger partial charge is 0.247 e. The van der Waals surface area contributed by atoms with Gasteiger partial charge >= 0.3 is 0 Å². The van der Waals surface area contributed by atoms with E-state index >= 15 is 0 Å². The van der Waals surface area contributed by atoms with Crippen molar-refractivity contribution in [3.05, 3.63) is 35.4 Å². The Balaban J connectivity index is 1.85. The van der Waals surface area contributed by atoms with Crippen LogP contribution in [0.5, 0.6) is 0 Å². The van der Waals surface area contributed by atoms with Crippen molar-refractivity contribution < 1.29 is 9.59 Å². The number of amides is 2. The van der Waals surface area contributed by atoms with Crippen molar-refractivity contribution in [1.29, 1.82) is 0 Å². The lowest BCUT2D eigenvalue weighted by Crippen LogP contribution is -2.48. The molecule has 0 aromatic heterocycles. The number of alkyl halides is 1. The van der Waals surface area contributed by atoms with Crippen LogP contribution in [0.25, 0.3) is 0 Å². The molecular weight excluding hydrogens is 336 g/mol. The quantitative estimate of drug-likeness (QED) is 0.784. The molecule has 1 aromatic rings. The van der Waals surface area contributed by atoms with E-state index < -0.39 is 6.04 Å². The summed E-state index contributed by atoms with van der Waals surface area (Å²) in [4.78, 5) is 27.3. The van der Waals surface area contributed by atoms with Crippen LogP contribution in [-0.2, 0) is 9.59 Å². The molecule has 2 fully saturated rings. The Morgan fingerprint density at radius 1 is 1.12 bits per heavy atom. The first-order chi connectivity index (χ1) is 12.1. The van der Waals surface area contributed by atoms with Gasteiger partial charge in [0.05, 0.1) is 0 Å². The molecule has 136 valence electrons. The van der Waals surface area contributed by atoms with E-state index in [0.717, 1.165) is 49.7 Å². The second-order valence-corrected chi connectivity index (χ2v) is 7.59. The van der Waals surface area contributed by atoms with Crippen LogP contribution < -0.4 is 5.32 Å². The lowest BCUT2D eigenvalue weighted by Gasteiger charge is -2.33. The van der Waals surface area contributed by atoms with Gasteiger partial charge in [-0.2, -0.15) is 0 Å². The van der Waals surface area contributed by atoms with Gasteiger partial charge in [0.1, 0.15) is 11.9 Å². The highest BCUT2D eigenvalue weighted by Crippen LogP contribution is 2.35. The fourth-order valence-electron chi connectivity index (χ4n) is 3.69. The molecule has 0 saturated heterocycles. The van der Waals surface area contributed by atoms with Crippen LogP contribution in [-0.4, -0.2) is 34.7 Å². The molecule has 2 saturated carbocycles. The number of hydrogen-bond acceptors (Lipinski definition) is 2. The second-order valence-electron chi connectivity index (χ2n) is 7.32. The first kappa shape index (κ1) is 18.2. The first-order valence-corrected chi connectivity index (χ1v) is 9.87. The molecular formula is C20H27ClN2O2. The van der Waals surface area contributed by atoms with E-state index in [2.05, 4.69) is 5.32 Å². The maximum absolute atomic E-state index is 13.1. The number of rotatable bonds is 6. The molecule has 1 aromatic carbocycles. The summed E-state index contributed by atoms with van der Waals surface area (Å²) in [5.41, 5.74) is 2.00. The van der Waals surface area contributed by atoms with E-state index in [1.54, 1.807) is 4.90 Å². The van der Waals surface area contributed by atoms with Crippen molar-refractivity contribution in [2.24, 2.45) is 0 Å². The number of benzene rings is 1. The van der Waals surface area contributed by atoms with Gasteiger partial charge in [-0.05, 0) is 38.2 Å². The third kappa shape index (κ3) is 4.55. The third-order valence-electron chi connectivity index (χ3n) is 5.21. The number of hydrogen-bond donors (Lipinski definition) is 1. The van der Waals surface area contributed by atoms with Crippen LogP contribution in [0.3, 0.4) is 0 Å². The average Bonchev–Trinajstić information content (AvgIpc) is 3.45. The van der Waals surface area contributed by atoms with E-state index in [0.29, 0.717) is 0 Å². The summed E-state index contributed by atoms with van der Waals surface area (Å²) in [7, 11) is 0. The van der Waals surface area contributed by atoms with Crippen LogP contribution in [0, 0.1) is 6.92 Å². The van der Waals surface area contributed by atoms with Gasteiger partial charge in [-0.3, -0.25) is 9.59 Å². The standard InChI is InChI=1S/C20H27ClN2O2/c1-14-7-9-15(10-8-14)19(23(17-11-12-17)18(24)13-21)20(25)22-16-5-3-2-4-6-16/h7-10,16-17,19H,2-6,11-13H2,1H3,(H,22,25). The van der Waals surface area contributed by atoms with Gasteiger partial charge in [-0.1, -0.05) is 49.1 Å². The van der Waals surface area contributed by atoms with Crippen molar-refractivity contribution in [1.82, 2.24) is 10.2 Å². The summed E-state index contributed by atoms with van der Waals surface area (Å²) in [6, 6.07) is 7.67. The SMILES string of the molecule is Cc1ccc(C(C(=O)NC2CCCCC2)N(C(=O)CCl)C2CC2)cc1. The molecule has 0 aliphatic heterocycles. The molecule has 2 aliphatic rings. The average molecular weight is 363 g/mol. The zero-order chi connectivity index (χ0) is 17.8. The predicted octanol–water partition coefficient (Wildman–Crippen LogP) is 3.71. The fraction of sp³-hybridized carbons (Fsp3) is 0.600. The summed E-state index contributed by atoms with van der Waals surface area (Å²) in [5.74, 6) is -0.315. The molecule has 0 bridgehead atoms. The summed E-state index contributed by atoms with van der Waals surface area (Å²) >= 11 is 5.85. The van der Waals surface area contributed by atoms with Gasteiger partial charge in [0, 0.05) is 12.1 Å². The van der Waals surface area contributed by atoms with Crippen molar-refractivity contribution in [2.45, 2.75) is 70.0 Å². The molecule has 0 radical (unpaired) electrons. The minimum Gasteiger partial charge on any atom is -0.351 e. The van der Waals surface area contributed by atoms with Gasteiger partial charge in [0.15, 0.2) is 0 Å². The van der Waals surface area contributed by atoms with Crippen LogP contribution >= 0.6 is 11.6 Å². The van der Waals surface area contributed by atoms with Gasteiger partial charge in [0.25, 0.3) is 0 Å². The van der Waals surface area contributed by atoms with E-state index in [9.17, 15) is 9.59 Å². The first-order valence-electron chi connectivity index (χ1n) is 9.34. The highest BCUT2D eigenvalue weighted by Gasteiger charge is 2.41. The molecule has 2 amide bonds. The van der Waals surface area contributed by atoms with Gasteiger partial charge in [-0.15, -0.1) is 11.6 Å². The maximum Gasteiger partial charge on any atom is 0.247 e. The zero-order valence-corrected chi connectivity index (χ0v) is 15.6. The summed E-state index contributed by atoms with van der Waals surface area (Å²) in [5, 5.41) is 3.20. The zero-order valence-electron chi connectivity index (χ0n) is 14.8. The molecule has 1 N–H and O–H groups in total. The number of halogens is 1. The van der Waals surface area contributed by atoms with E-state index in [-0.39, 0.29) is 29.8 Å².